The van der Waals surface area contributed by atoms with E-state index >= 15 is 0 Å². The highest BCUT2D eigenvalue weighted by Gasteiger charge is 2.38. The summed E-state index contributed by atoms with van der Waals surface area (Å²) in [5, 5.41) is 9.59. The van der Waals surface area contributed by atoms with Gasteiger partial charge in [-0.25, -0.2) is 4.79 Å². The van der Waals surface area contributed by atoms with E-state index in [0.29, 0.717) is 24.9 Å². The summed E-state index contributed by atoms with van der Waals surface area (Å²) in [5.41, 5.74) is 10.3. The highest BCUT2D eigenvalue weighted by molar-refractivity contribution is 6.00. The maximum absolute atomic E-state index is 14.2. The van der Waals surface area contributed by atoms with Gasteiger partial charge in [-0.2, -0.15) is 0 Å². The van der Waals surface area contributed by atoms with Crippen molar-refractivity contribution in [3.63, 3.8) is 0 Å². The molecule has 3 aromatic rings. The predicted molar refractivity (Wildman–Crippen MR) is 139 cm³/mol. The average molecular weight is 486 g/mol. The molecule has 186 valence electrons. The van der Waals surface area contributed by atoms with Gasteiger partial charge in [0.25, 0.3) is 0 Å². The molecule has 0 aromatic heterocycles. The Hall–Kier alpha value is -4.13. The minimum absolute atomic E-state index is 0.174. The molecule has 0 saturated heterocycles. The number of aryl methyl sites for hydroxylation is 2. The smallest absolute Gasteiger partial charge is 0.320 e. The minimum atomic E-state index is -0.969. The van der Waals surface area contributed by atoms with Gasteiger partial charge in [-0.15, -0.1) is 0 Å². The van der Waals surface area contributed by atoms with Gasteiger partial charge in [-0.05, 0) is 54.5 Å². The number of anilines is 1. The molecule has 0 radical (unpaired) electrons. The summed E-state index contributed by atoms with van der Waals surface area (Å²) in [5.74, 6) is -1.27. The number of aliphatic carboxylic acids is 1. The lowest BCUT2D eigenvalue weighted by molar-refractivity contribution is -0.142. The quantitative estimate of drug-likeness (QED) is 0.496. The Kier molecular flexibility index (Phi) is 7.68. The Morgan fingerprint density at radius 3 is 2.28 bits per heavy atom. The second-order valence-corrected chi connectivity index (χ2v) is 9.23. The first-order valence-corrected chi connectivity index (χ1v) is 12.1. The van der Waals surface area contributed by atoms with E-state index in [-0.39, 0.29) is 18.9 Å². The van der Waals surface area contributed by atoms with E-state index < -0.39 is 24.1 Å². The van der Waals surface area contributed by atoms with Crippen LogP contribution in [0.2, 0.25) is 0 Å². The van der Waals surface area contributed by atoms with Crippen LogP contribution < -0.4 is 10.6 Å². The zero-order valence-electron chi connectivity index (χ0n) is 20.3. The van der Waals surface area contributed by atoms with Crippen molar-refractivity contribution < 1.29 is 19.5 Å². The van der Waals surface area contributed by atoms with Crippen LogP contribution in [0.25, 0.3) is 0 Å². The number of primary amides is 1. The van der Waals surface area contributed by atoms with Crippen molar-refractivity contribution in [2.75, 3.05) is 4.90 Å². The first-order valence-electron chi connectivity index (χ1n) is 12.1. The molecule has 1 aliphatic heterocycles. The van der Waals surface area contributed by atoms with E-state index in [1.807, 2.05) is 73.7 Å². The van der Waals surface area contributed by atoms with Gasteiger partial charge < -0.3 is 15.7 Å². The highest BCUT2D eigenvalue weighted by Crippen LogP contribution is 2.30. The number of para-hydroxylation sites is 1. The van der Waals surface area contributed by atoms with Gasteiger partial charge in [0.1, 0.15) is 6.04 Å². The molecule has 0 saturated carbocycles. The number of fused-ring (bicyclic) bond motifs is 1. The van der Waals surface area contributed by atoms with Crippen LogP contribution in [0.4, 0.5) is 10.5 Å². The molecule has 0 fully saturated rings. The third-order valence-electron chi connectivity index (χ3n) is 6.81. The summed E-state index contributed by atoms with van der Waals surface area (Å²) in [6.45, 7) is 2.16. The summed E-state index contributed by atoms with van der Waals surface area (Å²) in [7, 11) is 0. The fraction of sp³-hybridized carbons (Fsp3) is 0.276. The lowest BCUT2D eigenvalue weighted by atomic mass is 9.91. The maximum Gasteiger partial charge on any atom is 0.320 e. The van der Waals surface area contributed by atoms with E-state index in [4.69, 9.17) is 5.73 Å². The molecule has 3 aromatic carbocycles. The SMILES string of the molecule is Cc1ccccc1N(C(N)=O)[C@@H](CCc1ccccc1)C(=O)N1Cc2ccccc2C[C@@H]1CC(=O)O. The number of rotatable bonds is 8. The van der Waals surface area contributed by atoms with Gasteiger partial charge in [0.15, 0.2) is 0 Å². The number of hydrogen-bond donors (Lipinski definition) is 2. The number of urea groups is 1. The fourth-order valence-electron chi connectivity index (χ4n) is 5.01. The Morgan fingerprint density at radius 1 is 0.972 bits per heavy atom. The van der Waals surface area contributed by atoms with Crippen molar-refractivity contribution in [2.24, 2.45) is 5.73 Å². The van der Waals surface area contributed by atoms with Crippen molar-refractivity contribution in [3.05, 3.63) is 101 Å². The van der Waals surface area contributed by atoms with Gasteiger partial charge in [-0.1, -0.05) is 72.8 Å². The van der Waals surface area contributed by atoms with E-state index in [0.717, 1.165) is 22.3 Å². The van der Waals surface area contributed by atoms with Crippen molar-refractivity contribution in [1.29, 1.82) is 0 Å². The van der Waals surface area contributed by atoms with Crippen molar-refractivity contribution >= 4 is 23.6 Å². The Labute approximate surface area is 211 Å². The fourth-order valence-corrected chi connectivity index (χ4v) is 5.01. The number of amides is 3. The number of nitrogens with two attached hydrogens (primary N) is 1. The number of nitrogens with zero attached hydrogens (tertiary/aromatic N) is 2. The molecular weight excluding hydrogens is 454 g/mol. The molecule has 7 heteroatoms. The molecule has 1 heterocycles. The monoisotopic (exact) mass is 485 g/mol. The van der Waals surface area contributed by atoms with Gasteiger partial charge in [0, 0.05) is 18.3 Å². The molecule has 2 atom stereocenters. The number of carboxylic acids is 1. The van der Waals surface area contributed by atoms with Crippen molar-refractivity contribution in [1.82, 2.24) is 4.90 Å². The van der Waals surface area contributed by atoms with E-state index in [2.05, 4.69) is 0 Å². The van der Waals surface area contributed by atoms with Gasteiger partial charge in [-0.3, -0.25) is 14.5 Å². The summed E-state index contributed by atoms with van der Waals surface area (Å²) >= 11 is 0. The van der Waals surface area contributed by atoms with Crippen molar-refractivity contribution in [2.45, 2.75) is 51.2 Å². The minimum Gasteiger partial charge on any atom is -0.481 e. The predicted octanol–water partition coefficient (Wildman–Crippen LogP) is 4.31. The number of carboxylic acid groups (broad SMARTS) is 1. The number of benzene rings is 3. The highest BCUT2D eigenvalue weighted by atomic mass is 16.4. The van der Waals surface area contributed by atoms with E-state index in [1.54, 1.807) is 17.0 Å². The molecule has 36 heavy (non-hydrogen) atoms. The molecule has 0 bridgehead atoms. The second-order valence-electron chi connectivity index (χ2n) is 9.23. The topological polar surface area (TPSA) is 104 Å². The van der Waals surface area contributed by atoms with Gasteiger partial charge >= 0.3 is 12.0 Å². The zero-order valence-corrected chi connectivity index (χ0v) is 20.3. The van der Waals surface area contributed by atoms with Crippen LogP contribution in [0, 0.1) is 6.92 Å². The summed E-state index contributed by atoms with van der Waals surface area (Å²) in [4.78, 5) is 41.8. The number of hydrogen-bond acceptors (Lipinski definition) is 3. The van der Waals surface area contributed by atoms with E-state index in [9.17, 15) is 19.5 Å². The molecule has 3 N–H and O–H groups in total. The first kappa shape index (κ1) is 25.0. The maximum atomic E-state index is 14.2. The van der Waals surface area contributed by atoms with Crippen LogP contribution in [0.3, 0.4) is 0 Å². The summed E-state index contributed by atoms with van der Waals surface area (Å²) in [6.07, 6.45) is 1.17. The Morgan fingerprint density at radius 2 is 1.61 bits per heavy atom. The second kappa shape index (κ2) is 11.1. The molecule has 4 rings (SSSR count). The first-order chi connectivity index (χ1) is 17.3. The van der Waals surface area contributed by atoms with Crippen LogP contribution in [0.15, 0.2) is 78.9 Å². The Balaban J connectivity index is 1.73. The zero-order chi connectivity index (χ0) is 25.7. The normalized spacial score (nSPS) is 15.6. The molecular formula is C29H31N3O4. The lowest BCUT2D eigenvalue weighted by Crippen LogP contribution is -2.56. The summed E-state index contributed by atoms with van der Waals surface area (Å²) < 4.78 is 0. The van der Waals surface area contributed by atoms with E-state index in [1.165, 1.54) is 4.90 Å². The van der Waals surface area contributed by atoms with Crippen LogP contribution in [0.1, 0.15) is 35.1 Å². The van der Waals surface area contributed by atoms with Crippen LogP contribution in [-0.2, 0) is 29.0 Å². The average Bonchev–Trinajstić information content (AvgIpc) is 2.86. The molecule has 0 aliphatic carbocycles. The van der Waals surface area contributed by atoms with Gasteiger partial charge in [0.05, 0.1) is 6.42 Å². The van der Waals surface area contributed by atoms with Crippen molar-refractivity contribution in [3.8, 4) is 0 Å². The third kappa shape index (κ3) is 5.57. The van der Waals surface area contributed by atoms with Gasteiger partial charge in [0.2, 0.25) is 5.91 Å². The lowest BCUT2D eigenvalue weighted by Gasteiger charge is -2.41. The summed E-state index contributed by atoms with van der Waals surface area (Å²) in [6, 6.07) is 22.7. The van der Waals surface area contributed by atoms with Crippen LogP contribution in [-0.4, -0.2) is 40.0 Å². The molecule has 1 aliphatic rings. The molecule has 3 amide bonds. The number of carbonyl (C=O) groups is 3. The molecule has 0 unspecified atom stereocenters. The third-order valence-corrected chi connectivity index (χ3v) is 6.81. The Bertz CT molecular complexity index is 1240. The molecule has 7 nitrogen and oxygen atoms in total. The van der Waals surface area contributed by atoms with Crippen LogP contribution >= 0.6 is 0 Å². The van der Waals surface area contributed by atoms with Crippen LogP contribution in [0.5, 0.6) is 0 Å². The largest absolute Gasteiger partial charge is 0.481 e. The molecule has 0 spiro atoms. The standard InChI is InChI=1S/C29H31N3O4/c1-20-9-5-8-14-25(20)32(29(30)36)26(16-15-21-10-3-2-4-11-21)28(35)31-19-23-13-7-6-12-22(23)17-24(31)18-27(33)34/h2-14,24,26H,15-19H2,1H3,(H2,30,36)(H,33,34)/t24-,26+/m1/s1. The number of carbonyl (C=O) groups excluding carboxylic acids is 2.